The van der Waals surface area contributed by atoms with Crippen LogP contribution in [0.3, 0.4) is 0 Å². The topological polar surface area (TPSA) is 38.0 Å². The molecule has 4 heteroatoms. The molecule has 18 heavy (non-hydrogen) atoms. The van der Waals surface area contributed by atoms with E-state index in [4.69, 9.17) is 23.8 Å². The molecule has 0 saturated heterocycles. The maximum Gasteiger partial charge on any atom is 0.129 e. The van der Waals surface area contributed by atoms with Crippen molar-refractivity contribution < 1.29 is 4.39 Å². The van der Waals surface area contributed by atoms with Gasteiger partial charge in [0.25, 0.3) is 0 Å². The predicted octanol–water partition coefficient (Wildman–Crippen LogP) is 2.87. The van der Waals surface area contributed by atoms with Crippen LogP contribution in [0.1, 0.15) is 31.4 Å². The number of benzene rings is 1. The summed E-state index contributed by atoms with van der Waals surface area (Å²) >= 11 is 5.72. The highest BCUT2D eigenvalue weighted by Crippen LogP contribution is 2.21. The maximum absolute atomic E-state index is 13.8. The molecule has 0 saturated carbocycles. The molecule has 0 spiro atoms. The molecule has 0 aliphatic rings. The third kappa shape index (κ3) is 3.99. The quantitative estimate of drug-likeness (QED) is 0.779. The van der Waals surface area contributed by atoms with Crippen molar-refractivity contribution in [2.24, 2.45) is 5.73 Å². The minimum absolute atomic E-state index is 0.0985. The zero-order valence-electron chi connectivity index (χ0n) is 10.4. The van der Waals surface area contributed by atoms with Crippen LogP contribution in [0.15, 0.2) is 18.2 Å². The van der Waals surface area contributed by atoms with E-state index < -0.39 is 0 Å². The summed E-state index contributed by atoms with van der Waals surface area (Å²) < 4.78 is 13.8. The minimum Gasteiger partial charge on any atom is -0.329 e. The summed E-state index contributed by atoms with van der Waals surface area (Å²) in [5, 5.41) is 3.56. The maximum atomic E-state index is 13.8. The summed E-state index contributed by atoms with van der Waals surface area (Å²) in [4.78, 5) is 0. The van der Waals surface area contributed by atoms with E-state index in [9.17, 15) is 4.39 Å². The third-order valence-electron chi connectivity index (χ3n) is 2.75. The van der Waals surface area contributed by atoms with E-state index >= 15 is 0 Å². The van der Waals surface area contributed by atoms with Gasteiger partial charge in [-0.25, -0.2) is 4.39 Å². The number of halogens is 2. The van der Waals surface area contributed by atoms with Gasteiger partial charge in [0, 0.05) is 23.2 Å². The van der Waals surface area contributed by atoms with E-state index in [0.29, 0.717) is 10.6 Å². The van der Waals surface area contributed by atoms with Gasteiger partial charge in [-0.05, 0) is 18.6 Å². The number of hydrogen-bond donors (Lipinski definition) is 2. The molecule has 2 unspecified atom stereocenters. The van der Waals surface area contributed by atoms with Gasteiger partial charge in [0.1, 0.15) is 5.82 Å². The van der Waals surface area contributed by atoms with Crippen LogP contribution in [-0.4, -0.2) is 12.6 Å². The molecular formula is C14H18ClFN2. The van der Waals surface area contributed by atoms with Crippen LogP contribution in [-0.2, 0) is 0 Å². The van der Waals surface area contributed by atoms with Crippen molar-refractivity contribution in [3.63, 3.8) is 0 Å². The molecule has 0 amide bonds. The van der Waals surface area contributed by atoms with Crippen molar-refractivity contribution >= 4 is 11.6 Å². The normalized spacial score (nSPS) is 13.9. The van der Waals surface area contributed by atoms with E-state index in [1.54, 1.807) is 12.1 Å². The molecule has 1 rings (SSSR count). The summed E-state index contributed by atoms with van der Waals surface area (Å²) in [5.74, 6) is 2.29. The highest BCUT2D eigenvalue weighted by Gasteiger charge is 2.17. The Morgan fingerprint density at radius 1 is 1.56 bits per heavy atom. The summed E-state index contributed by atoms with van der Waals surface area (Å²) in [6, 6.07) is 4.18. The van der Waals surface area contributed by atoms with Crippen LogP contribution in [0.25, 0.3) is 0 Å². The SMILES string of the molecule is C#CC(CCC)NC(CN)c1ccc(Cl)cc1F. The molecule has 0 aromatic heterocycles. The lowest BCUT2D eigenvalue weighted by atomic mass is 10.0. The molecule has 2 atom stereocenters. The van der Waals surface area contributed by atoms with E-state index in [1.165, 1.54) is 6.07 Å². The predicted molar refractivity (Wildman–Crippen MR) is 73.9 cm³/mol. The van der Waals surface area contributed by atoms with Crippen molar-refractivity contribution in [1.82, 2.24) is 5.32 Å². The Labute approximate surface area is 113 Å². The Morgan fingerprint density at radius 3 is 2.78 bits per heavy atom. The molecule has 1 aromatic carbocycles. The van der Waals surface area contributed by atoms with Gasteiger partial charge in [-0.3, -0.25) is 5.32 Å². The Balaban J connectivity index is 2.86. The third-order valence-corrected chi connectivity index (χ3v) is 2.99. The summed E-state index contributed by atoms with van der Waals surface area (Å²) in [7, 11) is 0. The van der Waals surface area contributed by atoms with Gasteiger partial charge in [-0.2, -0.15) is 0 Å². The summed E-state index contributed by atoms with van der Waals surface area (Å²) in [5.41, 5.74) is 6.18. The second-order valence-corrected chi connectivity index (χ2v) is 4.57. The Kier molecular flexibility index (Phi) is 6.14. The van der Waals surface area contributed by atoms with Crippen molar-refractivity contribution in [3.8, 4) is 12.3 Å². The second kappa shape index (κ2) is 7.38. The van der Waals surface area contributed by atoms with Crippen LogP contribution in [0, 0.1) is 18.2 Å². The standard InChI is InChI=1S/C14H18ClFN2/c1-3-5-11(4-2)18-14(9-17)12-7-6-10(15)8-13(12)16/h2,6-8,11,14,18H,3,5,9,17H2,1H3. The molecule has 0 fully saturated rings. The lowest BCUT2D eigenvalue weighted by molar-refractivity contribution is 0.458. The van der Waals surface area contributed by atoms with Gasteiger partial charge < -0.3 is 5.73 Å². The minimum atomic E-state index is -0.363. The summed E-state index contributed by atoms with van der Waals surface area (Å²) in [6.07, 6.45) is 7.23. The molecule has 98 valence electrons. The zero-order chi connectivity index (χ0) is 13.5. The first kappa shape index (κ1) is 15.0. The van der Waals surface area contributed by atoms with Gasteiger partial charge >= 0.3 is 0 Å². The number of nitrogens with two attached hydrogens (primary N) is 1. The first-order chi connectivity index (χ1) is 8.62. The molecule has 0 aliphatic heterocycles. The molecular weight excluding hydrogens is 251 g/mol. The average Bonchev–Trinajstić information content (AvgIpc) is 2.35. The number of hydrogen-bond acceptors (Lipinski definition) is 2. The molecule has 0 radical (unpaired) electrons. The fourth-order valence-electron chi connectivity index (χ4n) is 1.82. The van der Waals surface area contributed by atoms with E-state index in [2.05, 4.69) is 11.2 Å². The number of rotatable bonds is 6. The van der Waals surface area contributed by atoms with E-state index in [-0.39, 0.29) is 24.4 Å². The molecule has 0 heterocycles. The van der Waals surface area contributed by atoms with Crippen LogP contribution in [0.5, 0.6) is 0 Å². The van der Waals surface area contributed by atoms with Gasteiger partial charge in [0.2, 0.25) is 0 Å². The first-order valence-electron chi connectivity index (χ1n) is 5.99. The molecule has 0 aliphatic carbocycles. The Morgan fingerprint density at radius 2 is 2.28 bits per heavy atom. The van der Waals surface area contributed by atoms with Crippen LogP contribution in [0.4, 0.5) is 4.39 Å². The monoisotopic (exact) mass is 268 g/mol. The van der Waals surface area contributed by atoms with Crippen molar-refractivity contribution in [1.29, 1.82) is 0 Å². The van der Waals surface area contributed by atoms with Crippen molar-refractivity contribution in [2.45, 2.75) is 31.8 Å². The van der Waals surface area contributed by atoms with E-state index in [1.807, 2.05) is 6.92 Å². The molecule has 0 bridgehead atoms. The van der Waals surface area contributed by atoms with Gasteiger partial charge in [0.15, 0.2) is 0 Å². The lowest BCUT2D eigenvalue weighted by Crippen LogP contribution is -2.36. The second-order valence-electron chi connectivity index (χ2n) is 4.13. The van der Waals surface area contributed by atoms with Crippen LogP contribution < -0.4 is 11.1 Å². The fraction of sp³-hybridized carbons (Fsp3) is 0.429. The summed E-state index contributed by atoms with van der Waals surface area (Å²) in [6.45, 7) is 2.33. The molecule has 3 N–H and O–H groups in total. The van der Waals surface area contributed by atoms with Gasteiger partial charge in [-0.1, -0.05) is 36.9 Å². The Hall–Kier alpha value is -1.08. The smallest absolute Gasteiger partial charge is 0.129 e. The van der Waals surface area contributed by atoms with Gasteiger partial charge in [-0.15, -0.1) is 6.42 Å². The van der Waals surface area contributed by atoms with Crippen LogP contribution in [0.2, 0.25) is 5.02 Å². The zero-order valence-corrected chi connectivity index (χ0v) is 11.2. The molecule has 2 nitrogen and oxygen atoms in total. The number of terminal acetylenes is 1. The largest absolute Gasteiger partial charge is 0.329 e. The fourth-order valence-corrected chi connectivity index (χ4v) is 1.97. The number of nitrogens with one attached hydrogen (secondary N) is 1. The highest BCUT2D eigenvalue weighted by atomic mass is 35.5. The van der Waals surface area contributed by atoms with Crippen molar-refractivity contribution in [2.75, 3.05) is 6.54 Å². The lowest BCUT2D eigenvalue weighted by Gasteiger charge is -2.22. The average molecular weight is 269 g/mol. The first-order valence-corrected chi connectivity index (χ1v) is 6.37. The van der Waals surface area contributed by atoms with Gasteiger partial charge in [0.05, 0.1) is 6.04 Å². The highest BCUT2D eigenvalue weighted by molar-refractivity contribution is 6.30. The Bertz CT molecular complexity index is 428. The van der Waals surface area contributed by atoms with Crippen molar-refractivity contribution in [3.05, 3.63) is 34.6 Å². The van der Waals surface area contributed by atoms with Crippen LogP contribution >= 0.6 is 11.6 Å². The van der Waals surface area contributed by atoms with E-state index in [0.717, 1.165) is 12.8 Å². The molecule has 1 aromatic rings.